The number of carbonyl (C=O) groups excluding carboxylic acids is 2. The van der Waals surface area contributed by atoms with Crippen LogP contribution in [0, 0.1) is 0 Å². The number of benzene rings is 1. The third-order valence-corrected chi connectivity index (χ3v) is 4.35. The number of carbonyl (C=O) groups is 2. The largest absolute Gasteiger partial charge is 0.497 e. The summed E-state index contributed by atoms with van der Waals surface area (Å²) in [5.74, 6) is 0.634. The van der Waals surface area contributed by atoms with Gasteiger partial charge in [0.25, 0.3) is 0 Å². The van der Waals surface area contributed by atoms with Gasteiger partial charge in [-0.05, 0) is 38.8 Å². The Kier molecular flexibility index (Phi) is 3.50. The van der Waals surface area contributed by atoms with Crippen molar-refractivity contribution in [1.82, 2.24) is 4.90 Å². The van der Waals surface area contributed by atoms with Gasteiger partial charge in [-0.2, -0.15) is 0 Å². The summed E-state index contributed by atoms with van der Waals surface area (Å²) in [6, 6.07) is 5.57. The molecular formula is C17H22N2O4. The Balaban J connectivity index is 1.85. The second kappa shape index (κ2) is 5.15. The maximum Gasteiger partial charge on any atom is 0.410 e. The second-order valence-electron chi connectivity index (χ2n) is 7.10. The Hall–Kier alpha value is -2.24. The highest BCUT2D eigenvalue weighted by molar-refractivity contribution is 6.07. The van der Waals surface area contributed by atoms with E-state index in [1.807, 2.05) is 39.0 Å². The number of rotatable bonds is 1. The van der Waals surface area contributed by atoms with Crippen LogP contribution in [0.15, 0.2) is 18.2 Å². The van der Waals surface area contributed by atoms with Crippen molar-refractivity contribution in [3.8, 4) is 5.75 Å². The highest BCUT2D eigenvalue weighted by Crippen LogP contribution is 2.45. The highest BCUT2D eigenvalue weighted by atomic mass is 16.6. The van der Waals surface area contributed by atoms with Gasteiger partial charge in [0.15, 0.2) is 0 Å². The van der Waals surface area contributed by atoms with Gasteiger partial charge in [0.1, 0.15) is 11.4 Å². The zero-order valence-electron chi connectivity index (χ0n) is 13.9. The van der Waals surface area contributed by atoms with E-state index in [2.05, 4.69) is 5.32 Å². The molecule has 124 valence electrons. The molecule has 1 atom stereocenters. The molecule has 0 aliphatic carbocycles. The minimum absolute atomic E-state index is 0.0631. The van der Waals surface area contributed by atoms with Gasteiger partial charge in [0, 0.05) is 24.8 Å². The monoisotopic (exact) mass is 318 g/mol. The minimum Gasteiger partial charge on any atom is -0.497 e. The van der Waals surface area contributed by atoms with E-state index in [4.69, 9.17) is 9.47 Å². The average Bonchev–Trinajstić information content (AvgIpc) is 3.01. The molecule has 2 amide bonds. The molecule has 1 unspecified atom stereocenters. The molecule has 1 aromatic carbocycles. The predicted octanol–water partition coefficient (Wildman–Crippen LogP) is 2.53. The van der Waals surface area contributed by atoms with Crippen LogP contribution >= 0.6 is 0 Å². The summed E-state index contributed by atoms with van der Waals surface area (Å²) in [4.78, 5) is 26.5. The first-order chi connectivity index (χ1) is 10.7. The smallest absolute Gasteiger partial charge is 0.410 e. The number of likely N-dealkylation sites (tertiary alicyclic amines) is 1. The molecule has 6 heteroatoms. The molecule has 0 aromatic heterocycles. The van der Waals surface area contributed by atoms with Crippen LogP contribution in [0.1, 0.15) is 32.8 Å². The molecule has 1 N–H and O–H groups in total. The fourth-order valence-corrected chi connectivity index (χ4v) is 3.23. The first-order valence-corrected chi connectivity index (χ1v) is 7.73. The molecule has 6 nitrogen and oxygen atoms in total. The van der Waals surface area contributed by atoms with Gasteiger partial charge in [0.2, 0.25) is 5.91 Å². The fourth-order valence-electron chi connectivity index (χ4n) is 3.23. The molecule has 0 bridgehead atoms. The van der Waals surface area contributed by atoms with Gasteiger partial charge >= 0.3 is 6.09 Å². The van der Waals surface area contributed by atoms with Crippen LogP contribution in [0.3, 0.4) is 0 Å². The maximum absolute atomic E-state index is 12.6. The molecule has 0 saturated carbocycles. The number of hydrogen-bond acceptors (Lipinski definition) is 4. The molecule has 1 aromatic rings. The average molecular weight is 318 g/mol. The number of amides is 2. The van der Waals surface area contributed by atoms with E-state index in [1.165, 1.54) is 0 Å². The summed E-state index contributed by atoms with van der Waals surface area (Å²) in [5.41, 5.74) is 0.462. The lowest BCUT2D eigenvalue weighted by Gasteiger charge is -2.26. The van der Waals surface area contributed by atoms with Crippen molar-refractivity contribution in [3.63, 3.8) is 0 Å². The molecule has 1 fully saturated rings. The topological polar surface area (TPSA) is 67.9 Å². The van der Waals surface area contributed by atoms with E-state index in [0.29, 0.717) is 25.3 Å². The fraction of sp³-hybridized carbons (Fsp3) is 0.529. The van der Waals surface area contributed by atoms with E-state index < -0.39 is 11.0 Å². The molecule has 0 radical (unpaired) electrons. The number of anilines is 1. The lowest BCUT2D eigenvalue weighted by Crippen LogP contribution is -2.41. The third kappa shape index (κ3) is 2.62. The molecule has 3 rings (SSSR count). The first kappa shape index (κ1) is 15.6. The Morgan fingerprint density at radius 2 is 2.09 bits per heavy atom. The third-order valence-electron chi connectivity index (χ3n) is 4.35. The minimum atomic E-state index is -0.682. The van der Waals surface area contributed by atoms with Gasteiger partial charge in [-0.1, -0.05) is 6.07 Å². The molecule has 2 heterocycles. The van der Waals surface area contributed by atoms with Gasteiger partial charge < -0.3 is 19.7 Å². The van der Waals surface area contributed by atoms with Crippen LogP contribution in [0.2, 0.25) is 0 Å². The number of methoxy groups -OCH3 is 1. The molecule has 1 spiro atoms. The Morgan fingerprint density at radius 3 is 2.74 bits per heavy atom. The SMILES string of the molecule is COc1ccc2c(c1)NC(=O)C21CCN(C(=O)OC(C)(C)C)C1. The number of fused-ring (bicyclic) bond motifs is 2. The normalized spacial score (nSPS) is 23.0. The van der Waals surface area contributed by atoms with Crippen LogP contribution in [-0.2, 0) is 14.9 Å². The zero-order chi connectivity index (χ0) is 16.8. The Labute approximate surface area is 135 Å². The lowest BCUT2D eigenvalue weighted by atomic mass is 9.81. The quantitative estimate of drug-likeness (QED) is 0.864. The van der Waals surface area contributed by atoms with Crippen molar-refractivity contribution < 1.29 is 19.1 Å². The number of nitrogens with zero attached hydrogens (tertiary/aromatic N) is 1. The molecular weight excluding hydrogens is 296 g/mol. The van der Waals surface area contributed by atoms with Crippen molar-refractivity contribution in [3.05, 3.63) is 23.8 Å². The van der Waals surface area contributed by atoms with Crippen LogP contribution in [-0.4, -0.2) is 42.7 Å². The van der Waals surface area contributed by atoms with Gasteiger partial charge in [-0.25, -0.2) is 4.79 Å². The number of nitrogens with one attached hydrogen (secondary N) is 1. The summed E-state index contributed by atoms with van der Waals surface area (Å²) >= 11 is 0. The van der Waals surface area contributed by atoms with E-state index in [1.54, 1.807) is 12.0 Å². The van der Waals surface area contributed by atoms with Crippen molar-refractivity contribution in [1.29, 1.82) is 0 Å². The number of ether oxygens (including phenoxy) is 2. The van der Waals surface area contributed by atoms with Crippen LogP contribution in [0.5, 0.6) is 5.75 Å². The van der Waals surface area contributed by atoms with Crippen LogP contribution < -0.4 is 10.1 Å². The maximum atomic E-state index is 12.6. The van der Waals surface area contributed by atoms with Gasteiger partial charge in [-0.3, -0.25) is 4.79 Å². The van der Waals surface area contributed by atoms with Crippen molar-refractivity contribution in [2.45, 2.75) is 38.2 Å². The summed E-state index contributed by atoms with van der Waals surface area (Å²) < 4.78 is 10.6. The van der Waals surface area contributed by atoms with Crippen molar-refractivity contribution in [2.75, 3.05) is 25.5 Å². The van der Waals surface area contributed by atoms with E-state index in [0.717, 1.165) is 11.3 Å². The summed E-state index contributed by atoms with van der Waals surface area (Å²) in [6.45, 7) is 6.35. The van der Waals surface area contributed by atoms with Gasteiger partial charge in [0.05, 0.1) is 12.5 Å². The number of hydrogen-bond donors (Lipinski definition) is 1. The highest BCUT2D eigenvalue weighted by Gasteiger charge is 2.52. The zero-order valence-corrected chi connectivity index (χ0v) is 13.9. The van der Waals surface area contributed by atoms with Gasteiger partial charge in [-0.15, -0.1) is 0 Å². The molecule has 1 saturated heterocycles. The van der Waals surface area contributed by atoms with E-state index in [-0.39, 0.29) is 12.0 Å². The second-order valence-corrected chi connectivity index (χ2v) is 7.10. The van der Waals surface area contributed by atoms with Crippen LogP contribution in [0.4, 0.5) is 10.5 Å². The Morgan fingerprint density at radius 1 is 1.35 bits per heavy atom. The summed E-state index contributed by atoms with van der Waals surface area (Å²) in [6.07, 6.45) is 0.223. The summed E-state index contributed by atoms with van der Waals surface area (Å²) in [7, 11) is 1.59. The standard InChI is InChI=1S/C17H22N2O4/c1-16(2,3)23-15(21)19-8-7-17(10-19)12-6-5-11(22-4)9-13(12)18-14(17)20/h5-6,9H,7-8,10H2,1-4H3,(H,18,20). The predicted molar refractivity (Wildman–Crippen MR) is 85.7 cm³/mol. The molecule has 23 heavy (non-hydrogen) atoms. The molecule has 2 aliphatic rings. The molecule has 2 aliphatic heterocycles. The lowest BCUT2D eigenvalue weighted by molar-refractivity contribution is -0.120. The summed E-state index contributed by atoms with van der Waals surface area (Å²) in [5, 5.41) is 2.91. The van der Waals surface area contributed by atoms with Crippen molar-refractivity contribution in [2.24, 2.45) is 0 Å². The van der Waals surface area contributed by atoms with E-state index in [9.17, 15) is 9.59 Å². The van der Waals surface area contributed by atoms with Crippen LogP contribution in [0.25, 0.3) is 0 Å². The Bertz CT molecular complexity index is 665. The van der Waals surface area contributed by atoms with E-state index >= 15 is 0 Å². The van der Waals surface area contributed by atoms with Crippen molar-refractivity contribution >= 4 is 17.7 Å². The first-order valence-electron chi connectivity index (χ1n) is 7.73.